The molecule has 0 atom stereocenters. The standard InChI is InChI=1S/C11H9N3/c12-6-8-1-2-10(14)9(5-8)11(7-13)3-4-11/h1-2,5H,3-4,14H2. The molecule has 2 rings (SSSR count). The highest BCUT2D eigenvalue weighted by molar-refractivity contribution is 5.59. The quantitative estimate of drug-likeness (QED) is 0.673. The van der Waals surface area contributed by atoms with E-state index in [0.29, 0.717) is 11.3 Å². The zero-order chi connectivity index (χ0) is 10.2. The molecule has 14 heavy (non-hydrogen) atoms. The summed E-state index contributed by atoms with van der Waals surface area (Å²) in [5.41, 5.74) is 7.38. The highest BCUT2D eigenvalue weighted by Gasteiger charge is 2.46. The van der Waals surface area contributed by atoms with E-state index >= 15 is 0 Å². The van der Waals surface area contributed by atoms with Gasteiger partial charge in [-0.1, -0.05) is 0 Å². The molecule has 0 aliphatic heterocycles. The molecule has 68 valence electrons. The summed E-state index contributed by atoms with van der Waals surface area (Å²) >= 11 is 0. The van der Waals surface area contributed by atoms with Crippen LogP contribution in [0, 0.1) is 22.7 Å². The van der Waals surface area contributed by atoms with Gasteiger partial charge in [-0.25, -0.2) is 0 Å². The molecule has 1 aromatic rings. The molecule has 1 aliphatic rings. The minimum Gasteiger partial charge on any atom is -0.398 e. The third-order valence-corrected chi connectivity index (χ3v) is 2.66. The molecule has 1 aromatic carbocycles. The van der Waals surface area contributed by atoms with Crippen LogP contribution in [-0.4, -0.2) is 0 Å². The van der Waals surface area contributed by atoms with Crippen molar-refractivity contribution in [2.45, 2.75) is 18.3 Å². The van der Waals surface area contributed by atoms with Gasteiger partial charge in [-0.05, 0) is 36.6 Å². The maximum absolute atomic E-state index is 9.01. The first kappa shape index (κ1) is 8.59. The van der Waals surface area contributed by atoms with Gasteiger partial charge in [0.2, 0.25) is 0 Å². The molecule has 0 saturated heterocycles. The number of nitriles is 2. The Kier molecular flexibility index (Phi) is 1.69. The van der Waals surface area contributed by atoms with Crippen molar-refractivity contribution in [1.82, 2.24) is 0 Å². The topological polar surface area (TPSA) is 73.6 Å². The number of rotatable bonds is 1. The van der Waals surface area contributed by atoms with Crippen molar-refractivity contribution in [3.63, 3.8) is 0 Å². The molecule has 0 spiro atoms. The number of hydrogen-bond donors (Lipinski definition) is 1. The first-order chi connectivity index (χ1) is 6.72. The summed E-state index contributed by atoms with van der Waals surface area (Å²) in [7, 11) is 0. The Balaban J connectivity index is 2.54. The summed E-state index contributed by atoms with van der Waals surface area (Å²) in [6.07, 6.45) is 1.70. The van der Waals surface area contributed by atoms with E-state index in [-0.39, 0.29) is 0 Å². The predicted octanol–water partition coefficient (Wildman–Crippen LogP) is 1.70. The first-order valence-corrected chi connectivity index (χ1v) is 4.43. The van der Waals surface area contributed by atoms with Crippen molar-refractivity contribution >= 4 is 5.69 Å². The van der Waals surface area contributed by atoms with Gasteiger partial charge in [0, 0.05) is 5.69 Å². The lowest BCUT2D eigenvalue weighted by Crippen LogP contribution is -2.07. The summed E-state index contributed by atoms with van der Waals surface area (Å²) in [5.74, 6) is 0. The Bertz CT molecular complexity index is 458. The molecule has 0 bridgehead atoms. The Labute approximate surface area is 82.4 Å². The fraction of sp³-hybridized carbons (Fsp3) is 0.273. The van der Waals surface area contributed by atoms with E-state index < -0.39 is 5.41 Å². The number of nitrogen functional groups attached to an aromatic ring is 1. The van der Waals surface area contributed by atoms with Gasteiger partial charge in [0.1, 0.15) is 0 Å². The number of anilines is 1. The minimum absolute atomic E-state index is 0.406. The van der Waals surface area contributed by atoms with Crippen molar-refractivity contribution in [2.24, 2.45) is 0 Å². The summed E-state index contributed by atoms with van der Waals surface area (Å²) in [6.45, 7) is 0. The summed E-state index contributed by atoms with van der Waals surface area (Å²) in [4.78, 5) is 0. The zero-order valence-corrected chi connectivity index (χ0v) is 7.62. The fourth-order valence-corrected chi connectivity index (χ4v) is 1.61. The highest BCUT2D eigenvalue weighted by Crippen LogP contribution is 2.49. The van der Waals surface area contributed by atoms with Gasteiger partial charge in [-0.15, -0.1) is 0 Å². The molecular weight excluding hydrogens is 174 g/mol. The Morgan fingerprint density at radius 1 is 1.29 bits per heavy atom. The molecule has 3 nitrogen and oxygen atoms in total. The van der Waals surface area contributed by atoms with E-state index in [1.165, 1.54) is 0 Å². The Hall–Kier alpha value is -2.00. The molecule has 1 fully saturated rings. The molecule has 3 heteroatoms. The second-order valence-corrected chi connectivity index (χ2v) is 3.61. The third-order valence-electron chi connectivity index (χ3n) is 2.66. The van der Waals surface area contributed by atoms with Gasteiger partial charge in [0.05, 0.1) is 23.1 Å². The first-order valence-electron chi connectivity index (χ1n) is 4.43. The van der Waals surface area contributed by atoms with Crippen LogP contribution < -0.4 is 5.73 Å². The average molecular weight is 183 g/mol. The van der Waals surface area contributed by atoms with E-state index in [1.807, 2.05) is 0 Å². The molecule has 2 N–H and O–H groups in total. The SMILES string of the molecule is N#Cc1ccc(N)c(C2(C#N)CC2)c1. The van der Waals surface area contributed by atoms with E-state index in [4.69, 9.17) is 16.3 Å². The van der Waals surface area contributed by atoms with Crippen LogP contribution in [-0.2, 0) is 5.41 Å². The van der Waals surface area contributed by atoms with Crippen molar-refractivity contribution in [2.75, 3.05) is 5.73 Å². The van der Waals surface area contributed by atoms with Crippen LogP contribution in [0.4, 0.5) is 5.69 Å². The highest BCUT2D eigenvalue weighted by atomic mass is 14.6. The van der Waals surface area contributed by atoms with E-state index in [1.54, 1.807) is 18.2 Å². The maximum atomic E-state index is 9.01. The number of hydrogen-bond acceptors (Lipinski definition) is 3. The number of nitrogens with two attached hydrogens (primary N) is 1. The van der Waals surface area contributed by atoms with Crippen LogP contribution in [0.5, 0.6) is 0 Å². The minimum atomic E-state index is -0.406. The second-order valence-electron chi connectivity index (χ2n) is 3.61. The summed E-state index contributed by atoms with van der Waals surface area (Å²) in [5, 5.41) is 17.7. The Morgan fingerprint density at radius 3 is 2.50 bits per heavy atom. The van der Waals surface area contributed by atoms with Crippen LogP contribution in [0.3, 0.4) is 0 Å². The molecule has 0 amide bonds. The van der Waals surface area contributed by atoms with E-state index in [2.05, 4.69) is 12.1 Å². The van der Waals surface area contributed by atoms with Gasteiger partial charge in [-0.3, -0.25) is 0 Å². The molecule has 1 saturated carbocycles. The third kappa shape index (κ3) is 1.11. The predicted molar refractivity (Wildman–Crippen MR) is 52.1 cm³/mol. The van der Waals surface area contributed by atoms with Crippen LogP contribution in [0.25, 0.3) is 0 Å². The number of benzene rings is 1. The molecule has 0 heterocycles. The normalized spacial score (nSPS) is 16.7. The average Bonchev–Trinajstić information content (AvgIpc) is 2.99. The summed E-state index contributed by atoms with van der Waals surface area (Å²) < 4.78 is 0. The largest absolute Gasteiger partial charge is 0.398 e. The lowest BCUT2D eigenvalue weighted by Gasteiger charge is -2.09. The maximum Gasteiger partial charge on any atom is 0.0991 e. The zero-order valence-electron chi connectivity index (χ0n) is 7.62. The smallest absolute Gasteiger partial charge is 0.0991 e. The molecule has 0 aromatic heterocycles. The van der Waals surface area contributed by atoms with E-state index in [0.717, 1.165) is 18.4 Å². The molecular formula is C11H9N3. The van der Waals surface area contributed by atoms with Gasteiger partial charge in [0.15, 0.2) is 0 Å². The van der Waals surface area contributed by atoms with Crippen LogP contribution >= 0.6 is 0 Å². The molecule has 0 unspecified atom stereocenters. The van der Waals surface area contributed by atoms with Gasteiger partial charge < -0.3 is 5.73 Å². The number of nitrogens with zero attached hydrogens (tertiary/aromatic N) is 2. The Morgan fingerprint density at radius 2 is 2.00 bits per heavy atom. The van der Waals surface area contributed by atoms with Gasteiger partial charge in [0.25, 0.3) is 0 Å². The fourth-order valence-electron chi connectivity index (χ4n) is 1.61. The van der Waals surface area contributed by atoms with Crippen molar-refractivity contribution in [1.29, 1.82) is 10.5 Å². The van der Waals surface area contributed by atoms with E-state index in [9.17, 15) is 0 Å². The molecule has 1 aliphatic carbocycles. The van der Waals surface area contributed by atoms with Crippen LogP contribution in [0.1, 0.15) is 24.0 Å². The van der Waals surface area contributed by atoms with Crippen LogP contribution in [0.2, 0.25) is 0 Å². The second kappa shape index (κ2) is 2.75. The lowest BCUT2D eigenvalue weighted by atomic mass is 9.94. The van der Waals surface area contributed by atoms with Gasteiger partial charge >= 0.3 is 0 Å². The van der Waals surface area contributed by atoms with Crippen LogP contribution in [0.15, 0.2) is 18.2 Å². The van der Waals surface area contributed by atoms with Gasteiger partial charge in [-0.2, -0.15) is 10.5 Å². The lowest BCUT2D eigenvalue weighted by molar-refractivity contribution is 0.911. The monoisotopic (exact) mass is 183 g/mol. The van der Waals surface area contributed by atoms with Crippen molar-refractivity contribution < 1.29 is 0 Å². The molecule has 0 radical (unpaired) electrons. The van der Waals surface area contributed by atoms with Crippen molar-refractivity contribution in [3.8, 4) is 12.1 Å². The summed E-state index contributed by atoms with van der Waals surface area (Å²) in [6, 6.07) is 9.43. The van der Waals surface area contributed by atoms with Crippen molar-refractivity contribution in [3.05, 3.63) is 29.3 Å².